The van der Waals surface area contributed by atoms with Crippen LogP contribution in [0.5, 0.6) is 0 Å². The van der Waals surface area contributed by atoms with Gasteiger partial charge >= 0.3 is 6.03 Å². The van der Waals surface area contributed by atoms with Crippen molar-refractivity contribution in [1.29, 1.82) is 0 Å². The maximum Gasteiger partial charge on any atom is 0.317 e. The first kappa shape index (κ1) is 16.3. The average Bonchev–Trinajstić information content (AvgIpc) is 2.91. The van der Waals surface area contributed by atoms with Crippen LogP contribution in [0.3, 0.4) is 0 Å². The summed E-state index contributed by atoms with van der Waals surface area (Å²) in [6, 6.07) is 1.04. The van der Waals surface area contributed by atoms with Crippen molar-refractivity contribution in [2.45, 2.75) is 64.0 Å². The summed E-state index contributed by atoms with van der Waals surface area (Å²) in [5.74, 6) is 0. The smallest absolute Gasteiger partial charge is 0.317 e. The third kappa shape index (κ3) is 4.73. The molecule has 4 nitrogen and oxygen atoms in total. The highest BCUT2D eigenvalue weighted by atomic mass is 16.2. The molecule has 2 saturated heterocycles. The molecule has 0 saturated carbocycles. The van der Waals surface area contributed by atoms with Crippen LogP contribution in [-0.4, -0.2) is 54.1 Å². The van der Waals surface area contributed by atoms with E-state index in [9.17, 15) is 4.79 Å². The number of rotatable bonds is 5. The zero-order chi connectivity index (χ0) is 15.1. The van der Waals surface area contributed by atoms with E-state index in [-0.39, 0.29) is 12.1 Å². The second kappa shape index (κ2) is 8.42. The van der Waals surface area contributed by atoms with Crippen LogP contribution in [0.25, 0.3) is 0 Å². The Balaban J connectivity index is 1.81. The summed E-state index contributed by atoms with van der Waals surface area (Å²) >= 11 is 0. The van der Waals surface area contributed by atoms with E-state index in [2.05, 4.69) is 23.7 Å². The van der Waals surface area contributed by atoms with E-state index in [1.165, 1.54) is 32.4 Å². The van der Waals surface area contributed by atoms with Crippen molar-refractivity contribution in [2.24, 2.45) is 0 Å². The normalized spacial score (nSPS) is 25.4. The summed E-state index contributed by atoms with van der Waals surface area (Å²) in [6.07, 6.45) is 9.90. The van der Waals surface area contributed by atoms with Gasteiger partial charge in [0.1, 0.15) is 0 Å². The number of amides is 2. The average molecular weight is 293 g/mol. The van der Waals surface area contributed by atoms with Gasteiger partial charge < -0.3 is 15.1 Å². The SMILES string of the molecule is C=CC[C@@H](CC)NC(=O)N1CCC[C@H](N2CCCC2)CC1. The lowest BCUT2D eigenvalue weighted by Gasteiger charge is -2.27. The molecule has 0 spiro atoms. The van der Waals surface area contributed by atoms with Crippen molar-refractivity contribution in [1.82, 2.24) is 15.1 Å². The fraction of sp³-hybridized carbons (Fsp3) is 0.824. The van der Waals surface area contributed by atoms with Crippen LogP contribution in [0, 0.1) is 0 Å². The molecular formula is C17H31N3O. The number of hydrogen-bond donors (Lipinski definition) is 1. The van der Waals surface area contributed by atoms with Crippen molar-refractivity contribution in [3.63, 3.8) is 0 Å². The Bertz CT molecular complexity index is 339. The van der Waals surface area contributed by atoms with E-state index in [1.54, 1.807) is 0 Å². The van der Waals surface area contributed by atoms with Crippen molar-refractivity contribution >= 4 is 6.03 Å². The summed E-state index contributed by atoms with van der Waals surface area (Å²) < 4.78 is 0. The summed E-state index contributed by atoms with van der Waals surface area (Å²) in [4.78, 5) is 17.0. The molecule has 0 aromatic rings. The van der Waals surface area contributed by atoms with Gasteiger partial charge in [-0.3, -0.25) is 0 Å². The molecule has 120 valence electrons. The molecule has 0 aromatic heterocycles. The maximum atomic E-state index is 12.4. The van der Waals surface area contributed by atoms with E-state index in [1.807, 2.05) is 11.0 Å². The lowest BCUT2D eigenvalue weighted by atomic mass is 10.1. The van der Waals surface area contributed by atoms with Crippen LogP contribution in [0.2, 0.25) is 0 Å². The fourth-order valence-electron chi connectivity index (χ4n) is 3.55. The first-order valence-corrected chi connectivity index (χ1v) is 8.65. The van der Waals surface area contributed by atoms with E-state index < -0.39 is 0 Å². The largest absolute Gasteiger partial charge is 0.335 e. The Morgan fingerprint density at radius 2 is 2.00 bits per heavy atom. The van der Waals surface area contributed by atoms with Crippen molar-refractivity contribution < 1.29 is 4.79 Å². The molecule has 0 radical (unpaired) electrons. The Morgan fingerprint density at radius 3 is 2.67 bits per heavy atom. The number of hydrogen-bond acceptors (Lipinski definition) is 2. The van der Waals surface area contributed by atoms with Gasteiger partial charge in [-0.2, -0.15) is 0 Å². The van der Waals surface area contributed by atoms with Crippen molar-refractivity contribution in [2.75, 3.05) is 26.2 Å². The van der Waals surface area contributed by atoms with E-state index in [0.29, 0.717) is 6.04 Å². The molecule has 0 bridgehead atoms. The zero-order valence-electron chi connectivity index (χ0n) is 13.5. The number of carbonyl (C=O) groups is 1. The summed E-state index contributed by atoms with van der Waals surface area (Å²) in [5, 5.41) is 3.15. The van der Waals surface area contributed by atoms with Gasteiger partial charge in [-0.1, -0.05) is 13.0 Å². The molecule has 2 amide bonds. The maximum absolute atomic E-state index is 12.4. The van der Waals surface area contributed by atoms with Crippen LogP contribution in [0.1, 0.15) is 51.9 Å². The summed E-state index contributed by atoms with van der Waals surface area (Å²) in [7, 11) is 0. The highest BCUT2D eigenvalue weighted by Crippen LogP contribution is 2.21. The van der Waals surface area contributed by atoms with E-state index in [4.69, 9.17) is 0 Å². The van der Waals surface area contributed by atoms with Crippen LogP contribution in [-0.2, 0) is 0 Å². The third-order valence-electron chi connectivity index (χ3n) is 4.91. The molecule has 2 heterocycles. The molecular weight excluding hydrogens is 262 g/mol. The van der Waals surface area contributed by atoms with Crippen LogP contribution >= 0.6 is 0 Å². The van der Waals surface area contributed by atoms with Gasteiger partial charge in [0, 0.05) is 25.2 Å². The topological polar surface area (TPSA) is 35.6 Å². The number of urea groups is 1. The first-order chi connectivity index (χ1) is 10.2. The third-order valence-corrected chi connectivity index (χ3v) is 4.91. The molecule has 2 rings (SSSR count). The number of nitrogens with zero attached hydrogens (tertiary/aromatic N) is 2. The predicted octanol–water partition coefficient (Wildman–Crippen LogP) is 3.00. The number of carbonyl (C=O) groups excluding carboxylic acids is 1. The van der Waals surface area contributed by atoms with Gasteiger partial charge in [0.05, 0.1) is 0 Å². The van der Waals surface area contributed by atoms with Gasteiger partial charge in [0.15, 0.2) is 0 Å². The molecule has 0 aromatic carbocycles. The summed E-state index contributed by atoms with van der Waals surface area (Å²) in [6.45, 7) is 10.2. The second-order valence-corrected chi connectivity index (χ2v) is 6.39. The highest BCUT2D eigenvalue weighted by molar-refractivity contribution is 5.74. The highest BCUT2D eigenvalue weighted by Gasteiger charge is 2.26. The lowest BCUT2D eigenvalue weighted by Crippen LogP contribution is -2.45. The summed E-state index contributed by atoms with van der Waals surface area (Å²) in [5.41, 5.74) is 0. The van der Waals surface area contributed by atoms with Crippen molar-refractivity contribution in [3.8, 4) is 0 Å². The number of nitrogens with one attached hydrogen (secondary N) is 1. The fourth-order valence-corrected chi connectivity index (χ4v) is 3.55. The predicted molar refractivity (Wildman–Crippen MR) is 87.4 cm³/mol. The van der Waals surface area contributed by atoms with Crippen molar-refractivity contribution in [3.05, 3.63) is 12.7 Å². The van der Waals surface area contributed by atoms with Crippen LogP contribution in [0.4, 0.5) is 4.79 Å². The molecule has 0 unspecified atom stereocenters. The molecule has 2 aliphatic heterocycles. The monoisotopic (exact) mass is 293 g/mol. The van der Waals surface area contributed by atoms with Gasteiger partial charge in [-0.05, 0) is 58.0 Å². The minimum atomic E-state index is 0.116. The minimum Gasteiger partial charge on any atom is -0.335 e. The lowest BCUT2D eigenvalue weighted by molar-refractivity contribution is 0.190. The van der Waals surface area contributed by atoms with Crippen LogP contribution in [0.15, 0.2) is 12.7 Å². The van der Waals surface area contributed by atoms with Gasteiger partial charge in [0.25, 0.3) is 0 Å². The molecule has 1 N–H and O–H groups in total. The Kier molecular flexibility index (Phi) is 6.55. The molecule has 2 fully saturated rings. The Morgan fingerprint density at radius 1 is 1.24 bits per heavy atom. The first-order valence-electron chi connectivity index (χ1n) is 8.65. The minimum absolute atomic E-state index is 0.116. The van der Waals surface area contributed by atoms with Gasteiger partial charge in [-0.25, -0.2) is 4.79 Å². The molecule has 0 aliphatic carbocycles. The molecule has 2 atom stereocenters. The molecule has 21 heavy (non-hydrogen) atoms. The van der Waals surface area contributed by atoms with E-state index >= 15 is 0 Å². The Hall–Kier alpha value is -1.03. The van der Waals surface area contributed by atoms with E-state index in [0.717, 1.165) is 38.8 Å². The molecule has 4 heteroatoms. The van der Waals surface area contributed by atoms with Gasteiger partial charge in [-0.15, -0.1) is 6.58 Å². The Labute approximate surface area is 129 Å². The quantitative estimate of drug-likeness (QED) is 0.791. The second-order valence-electron chi connectivity index (χ2n) is 6.39. The number of likely N-dealkylation sites (tertiary alicyclic amines) is 2. The standard InChI is InChI=1S/C17H31N3O/c1-3-8-15(4-2)18-17(21)20-13-7-9-16(10-14-20)19-11-5-6-12-19/h3,15-16H,1,4-14H2,2H3,(H,18,21)/t15-,16+/m1/s1. The zero-order valence-corrected chi connectivity index (χ0v) is 13.5. The molecule has 2 aliphatic rings. The van der Waals surface area contributed by atoms with Crippen LogP contribution < -0.4 is 5.32 Å². The van der Waals surface area contributed by atoms with Gasteiger partial charge in [0.2, 0.25) is 0 Å².